The van der Waals surface area contributed by atoms with Crippen molar-refractivity contribution in [2.45, 2.75) is 45.2 Å². The van der Waals surface area contributed by atoms with E-state index >= 15 is 0 Å². The summed E-state index contributed by atoms with van der Waals surface area (Å²) >= 11 is 0. The minimum absolute atomic E-state index is 0. The molecule has 2 aliphatic rings. The summed E-state index contributed by atoms with van der Waals surface area (Å²) < 4.78 is 11.6. The third kappa shape index (κ3) is 4.85. The Morgan fingerprint density at radius 2 is 2.04 bits per heavy atom. The highest BCUT2D eigenvalue weighted by molar-refractivity contribution is 5.85. The number of morpholine rings is 1. The Morgan fingerprint density at radius 3 is 2.75 bits per heavy atom. The number of benzene rings is 1. The molecule has 0 radical (unpaired) electrons. The lowest BCUT2D eigenvalue weighted by atomic mass is 9.94. The molecule has 3 atom stereocenters. The number of aryl methyl sites for hydroxylation is 2. The predicted octanol–water partition coefficient (Wildman–Crippen LogP) is 2.85. The van der Waals surface area contributed by atoms with Crippen molar-refractivity contribution in [3.8, 4) is 5.75 Å². The molecular weight excluding hydrogens is 324 g/mol. The highest BCUT2D eigenvalue weighted by atomic mass is 35.5. The van der Waals surface area contributed by atoms with Gasteiger partial charge in [0, 0.05) is 25.2 Å². The van der Waals surface area contributed by atoms with Gasteiger partial charge < -0.3 is 20.1 Å². The van der Waals surface area contributed by atoms with E-state index in [2.05, 4.69) is 42.7 Å². The molecule has 4 nitrogen and oxygen atoms in total. The zero-order valence-electron chi connectivity index (χ0n) is 14.8. The first-order valence-electron chi connectivity index (χ1n) is 8.99. The molecule has 1 aromatic carbocycles. The molecular formula is C19H31ClN2O2. The minimum Gasteiger partial charge on any atom is -0.492 e. The second-order valence-corrected chi connectivity index (χ2v) is 6.86. The molecule has 1 aromatic rings. The minimum atomic E-state index is 0. The van der Waals surface area contributed by atoms with E-state index in [0.717, 1.165) is 38.7 Å². The van der Waals surface area contributed by atoms with E-state index < -0.39 is 0 Å². The van der Waals surface area contributed by atoms with Gasteiger partial charge in [-0.05, 0) is 43.7 Å². The number of nitrogens with one attached hydrogen (secondary N) is 2. The third-order valence-corrected chi connectivity index (χ3v) is 5.20. The lowest BCUT2D eigenvalue weighted by Gasteiger charge is -2.33. The van der Waals surface area contributed by atoms with Crippen molar-refractivity contribution in [1.29, 1.82) is 0 Å². The first kappa shape index (κ1) is 19.5. The predicted molar refractivity (Wildman–Crippen MR) is 100 cm³/mol. The van der Waals surface area contributed by atoms with Crippen LogP contribution in [0.4, 0.5) is 0 Å². The number of rotatable bonds is 6. The van der Waals surface area contributed by atoms with Crippen molar-refractivity contribution in [3.63, 3.8) is 0 Å². The molecule has 1 heterocycles. The molecule has 2 fully saturated rings. The van der Waals surface area contributed by atoms with Crippen molar-refractivity contribution in [1.82, 2.24) is 10.6 Å². The van der Waals surface area contributed by atoms with Gasteiger partial charge in [-0.15, -0.1) is 12.4 Å². The second-order valence-electron chi connectivity index (χ2n) is 6.86. The van der Waals surface area contributed by atoms with Crippen LogP contribution >= 0.6 is 12.4 Å². The average Bonchev–Trinajstić information content (AvgIpc) is 3.03. The van der Waals surface area contributed by atoms with Crippen molar-refractivity contribution in [3.05, 3.63) is 29.3 Å². The molecule has 1 aliphatic carbocycles. The average molecular weight is 355 g/mol. The van der Waals surface area contributed by atoms with Crippen LogP contribution in [-0.2, 0) is 4.74 Å². The van der Waals surface area contributed by atoms with Crippen LogP contribution in [0.15, 0.2) is 18.2 Å². The molecule has 5 heteroatoms. The molecule has 3 rings (SSSR count). The molecule has 1 saturated heterocycles. The summed E-state index contributed by atoms with van der Waals surface area (Å²) in [6.45, 7) is 8.55. The summed E-state index contributed by atoms with van der Waals surface area (Å²) in [5.74, 6) is 1.73. The van der Waals surface area contributed by atoms with Crippen molar-refractivity contribution < 1.29 is 9.47 Å². The number of ether oxygens (including phenoxy) is 2. The van der Waals surface area contributed by atoms with Crippen molar-refractivity contribution in [2.75, 3.05) is 32.9 Å². The van der Waals surface area contributed by atoms with Gasteiger partial charge in [0.15, 0.2) is 0 Å². The summed E-state index contributed by atoms with van der Waals surface area (Å²) in [7, 11) is 0. The van der Waals surface area contributed by atoms with Gasteiger partial charge in [-0.3, -0.25) is 0 Å². The van der Waals surface area contributed by atoms with Crippen LogP contribution in [0, 0.1) is 19.8 Å². The van der Waals surface area contributed by atoms with Gasteiger partial charge in [0.2, 0.25) is 0 Å². The van der Waals surface area contributed by atoms with Crippen LogP contribution in [0.3, 0.4) is 0 Å². The van der Waals surface area contributed by atoms with Crippen LogP contribution in [0.1, 0.15) is 30.4 Å². The van der Waals surface area contributed by atoms with E-state index in [-0.39, 0.29) is 12.4 Å². The van der Waals surface area contributed by atoms with Gasteiger partial charge in [0.1, 0.15) is 12.4 Å². The summed E-state index contributed by atoms with van der Waals surface area (Å²) in [6.07, 6.45) is 3.89. The van der Waals surface area contributed by atoms with E-state index in [9.17, 15) is 0 Å². The molecule has 1 aliphatic heterocycles. The Morgan fingerprint density at radius 1 is 1.25 bits per heavy atom. The molecule has 136 valence electrons. The Balaban J connectivity index is 0.00000208. The SMILES string of the molecule is Cc1cccc(C)c1OCCNC1CCCC1C1COCCN1.Cl. The monoisotopic (exact) mass is 354 g/mol. The zero-order valence-corrected chi connectivity index (χ0v) is 15.7. The van der Waals surface area contributed by atoms with Crippen molar-refractivity contribution >= 4 is 12.4 Å². The van der Waals surface area contributed by atoms with Crippen LogP contribution in [0.2, 0.25) is 0 Å². The van der Waals surface area contributed by atoms with Crippen LogP contribution < -0.4 is 15.4 Å². The summed E-state index contributed by atoms with van der Waals surface area (Å²) in [4.78, 5) is 0. The summed E-state index contributed by atoms with van der Waals surface area (Å²) in [5.41, 5.74) is 2.43. The number of hydrogen-bond donors (Lipinski definition) is 2. The van der Waals surface area contributed by atoms with Gasteiger partial charge in [-0.25, -0.2) is 0 Å². The fourth-order valence-corrected chi connectivity index (χ4v) is 4.01. The summed E-state index contributed by atoms with van der Waals surface area (Å²) in [6, 6.07) is 7.41. The third-order valence-electron chi connectivity index (χ3n) is 5.20. The number of hydrogen-bond acceptors (Lipinski definition) is 4. The normalized spacial score (nSPS) is 26.8. The first-order valence-corrected chi connectivity index (χ1v) is 8.99. The van der Waals surface area contributed by atoms with Gasteiger partial charge in [-0.2, -0.15) is 0 Å². The van der Waals surface area contributed by atoms with Crippen molar-refractivity contribution in [2.24, 2.45) is 5.92 Å². The number of halogens is 1. The lowest BCUT2D eigenvalue weighted by Crippen LogP contribution is -2.51. The van der Waals surface area contributed by atoms with Gasteiger partial charge >= 0.3 is 0 Å². The maximum atomic E-state index is 6.01. The molecule has 24 heavy (non-hydrogen) atoms. The Bertz CT molecular complexity index is 486. The Hall–Kier alpha value is -0.810. The van der Waals surface area contributed by atoms with Crippen LogP contribution in [0.25, 0.3) is 0 Å². The van der Waals surface area contributed by atoms with Crippen LogP contribution in [-0.4, -0.2) is 45.0 Å². The summed E-state index contributed by atoms with van der Waals surface area (Å²) in [5, 5.41) is 7.34. The highest BCUT2D eigenvalue weighted by Gasteiger charge is 2.34. The molecule has 0 spiro atoms. The maximum Gasteiger partial charge on any atom is 0.125 e. The van der Waals surface area contributed by atoms with E-state index in [4.69, 9.17) is 9.47 Å². The number of para-hydroxylation sites is 1. The first-order chi connectivity index (χ1) is 11.3. The van der Waals surface area contributed by atoms with E-state index in [1.807, 2.05) is 0 Å². The Kier molecular flexibility index (Phi) is 7.82. The Labute approximate surface area is 152 Å². The molecule has 3 unspecified atom stereocenters. The van der Waals surface area contributed by atoms with E-state index in [1.54, 1.807) is 0 Å². The molecule has 1 saturated carbocycles. The quantitative estimate of drug-likeness (QED) is 0.771. The largest absolute Gasteiger partial charge is 0.492 e. The lowest BCUT2D eigenvalue weighted by molar-refractivity contribution is 0.0523. The van der Waals surface area contributed by atoms with Gasteiger partial charge in [0.25, 0.3) is 0 Å². The van der Waals surface area contributed by atoms with Gasteiger partial charge in [-0.1, -0.05) is 24.6 Å². The second kappa shape index (κ2) is 9.62. The fraction of sp³-hybridized carbons (Fsp3) is 0.684. The van der Waals surface area contributed by atoms with Gasteiger partial charge in [0.05, 0.1) is 13.2 Å². The zero-order chi connectivity index (χ0) is 16.1. The highest BCUT2D eigenvalue weighted by Crippen LogP contribution is 2.29. The van der Waals surface area contributed by atoms with Crippen LogP contribution in [0.5, 0.6) is 5.75 Å². The van der Waals surface area contributed by atoms with E-state index in [1.165, 1.54) is 30.4 Å². The molecule has 0 aromatic heterocycles. The van der Waals surface area contributed by atoms with E-state index in [0.29, 0.717) is 18.0 Å². The molecule has 0 amide bonds. The topological polar surface area (TPSA) is 42.5 Å². The molecule has 0 bridgehead atoms. The smallest absolute Gasteiger partial charge is 0.125 e. The standard InChI is InChI=1S/C19H30N2O2.ClH/c1-14-5-3-6-15(2)19(14)23-12-10-20-17-8-4-7-16(17)18-13-22-11-9-21-18;/h3,5-6,16-18,20-21H,4,7-13H2,1-2H3;1H. The maximum absolute atomic E-state index is 6.01. The fourth-order valence-electron chi connectivity index (χ4n) is 4.01. The molecule has 2 N–H and O–H groups in total.